The van der Waals surface area contributed by atoms with Crippen LogP contribution < -0.4 is 26.6 Å². The van der Waals surface area contributed by atoms with Gasteiger partial charge in [-0.15, -0.1) is 0 Å². The number of hydrogen-bond donors (Lipinski definition) is 7. The molecule has 0 bridgehead atoms. The van der Waals surface area contributed by atoms with Crippen LogP contribution in [0.4, 0.5) is 0 Å². The van der Waals surface area contributed by atoms with Gasteiger partial charge in [0.25, 0.3) is 0 Å². The number of nitrogens with one attached hydrogen (secondary N) is 7. The Morgan fingerprint density at radius 3 is 1.73 bits per heavy atom. The second-order valence-corrected chi connectivity index (χ2v) is 13.4. The highest BCUT2D eigenvalue weighted by atomic mass is 16.5. The summed E-state index contributed by atoms with van der Waals surface area (Å²) in [5, 5.41) is 13.4. The van der Waals surface area contributed by atoms with Crippen LogP contribution in [0.25, 0.3) is 0 Å². The number of H-pyrrole nitrogens is 2. The molecule has 0 aromatic carbocycles. The van der Waals surface area contributed by atoms with E-state index in [1.54, 1.807) is 26.2 Å². The summed E-state index contributed by atoms with van der Waals surface area (Å²) in [5.74, 6) is -2.82. The molecule has 4 atom stereocenters. The SMILES string of the molecule is CCCCCCCCCCCCOCCC(=O)N[C@@H](Cc1cnc[nH]1)C(=O)N[C@@H](C)C(=O)N[C@H](C(=O)N[C@@H](Cc1cnc[nH]1)C(=O)NC)C(C)C. The zero-order chi connectivity index (χ0) is 37.4. The van der Waals surface area contributed by atoms with E-state index >= 15 is 0 Å². The lowest BCUT2D eigenvalue weighted by atomic mass is 10.0. The van der Waals surface area contributed by atoms with E-state index in [-0.39, 0.29) is 37.7 Å². The second kappa shape index (κ2) is 24.8. The van der Waals surface area contributed by atoms with Crippen LogP contribution >= 0.6 is 0 Å². The van der Waals surface area contributed by atoms with Crippen LogP contribution in [0.2, 0.25) is 0 Å². The summed E-state index contributed by atoms with van der Waals surface area (Å²) in [7, 11) is 1.47. The topological polar surface area (TPSA) is 212 Å². The molecule has 0 aliphatic carbocycles. The number of unbranched alkanes of at least 4 members (excludes halogenated alkanes) is 9. The molecule has 0 unspecified atom stereocenters. The number of rotatable bonds is 27. The number of aromatic nitrogens is 4. The van der Waals surface area contributed by atoms with Gasteiger partial charge in [-0.1, -0.05) is 78.6 Å². The molecule has 0 fully saturated rings. The van der Waals surface area contributed by atoms with Crippen LogP contribution in [0.5, 0.6) is 0 Å². The smallest absolute Gasteiger partial charge is 0.243 e. The van der Waals surface area contributed by atoms with Crippen molar-refractivity contribution < 1.29 is 28.7 Å². The van der Waals surface area contributed by atoms with Gasteiger partial charge in [-0.2, -0.15) is 0 Å². The number of aromatic amines is 2. The molecule has 5 amide bonds. The van der Waals surface area contributed by atoms with E-state index in [0.717, 1.165) is 12.8 Å². The second-order valence-electron chi connectivity index (χ2n) is 13.4. The summed E-state index contributed by atoms with van der Waals surface area (Å²) in [6.07, 6.45) is 18.8. The van der Waals surface area contributed by atoms with Gasteiger partial charge >= 0.3 is 0 Å². The van der Waals surface area contributed by atoms with Crippen molar-refractivity contribution >= 4 is 29.5 Å². The molecule has 0 spiro atoms. The molecule has 286 valence electrons. The molecule has 2 aromatic rings. The summed E-state index contributed by atoms with van der Waals surface area (Å²) >= 11 is 0. The molecule has 15 nitrogen and oxygen atoms in total. The number of imidazole rings is 2. The minimum atomic E-state index is -1.04. The van der Waals surface area contributed by atoms with E-state index in [2.05, 4.69) is 53.4 Å². The first-order chi connectivity index (χ1) is 24.5. The predicted octanol–water partition coefficient (Wildman–Crippen LogP) is 2.61. The van der Waals surface area contributed by atoms with E-state index in [1.807, 2.05) is 0 Å². The maximum absolute atomic E-state index is 13.4. The summed E-state index contributed by atoms with van der Waals surface area (Å²) in [4.78, 5) is 79.0. The van der Waals surface area contributed by atoms with Crippen molar-refractivity contribution in [2.45, 2.75) is 135 Å². The number of carbonyl (C=O) groups is 5. The average molecular weight is 716 g/mol. The molecule has 0 radical (unpaired) electrons. The summed E-state index contributed by atoms with van der Waals surface area (Å²) in [6.45, 7) is 8.06. The highest BCUT2D eigenvalue weighted by molar-refractivity contribution is 5.95. The third-order valence-electron chi connectivity index (χ3n) is 8.60. The first-order valence-electron chi connectivity index (χ1n) is 18.5. The molecule has 2 aromatic heterocycles. The van der Waals surface area contributed by atoms with E-state index in [0.29, 0.717) is 18.0 Å². The van der Waals surface area contributed by atoms with E-state index in [4.69, 9.17) is 4.74 Å². The van der Waals surface area contributed by atoms with E-state index in [1.165, 1.54) is 78.0 Å². The van der Waals surface area contributed by atoms with Crippen molar-refractivity contribution in [1.29, 1.82) is 0 Å². The fourth-order valence-electron chi connectivity index (χ4n) is 5.50. The van der Waals surface area contributed by atoms with E-state index in [9.17, 15) is 24.0 Å². The van der Waals surface area contributed by atoms with Crippen LogP contribution in [0.15, 0.2) is 25.0 Å². The zero-order valence-electron chi connectivity index (χ0n) is 31.1. The Bertz CT molecular complexity index is 1290. The quantitative estimate of drug-likeness (QED) is 0.0682. The van der Waals surface area contributed by atoms with Gasteiger partial charge in [0.05, 0.1) is 19.3 Å². The van der Waals surface area contributed by atoms with Gasteiger partial charge in [0, 0.05) is 56.7 Å². The fourth-order valence-corrected chi connectivity index (χ4v) is 5.50. The molecule has 51 heavy (non-hydrogen) atoms. The third kappa shape index (κ3) is 17.5. The predicted molar refractivity (Wildman–Crippen MR) is 194 cm³/mol. The summed E-state index contributed by atoms with van der Waals surface area (Å²) in [6, 6.07) is -3.94. The highest BCUT2D eigenvalue weighted by Gasteiger charge is 2.31. The number of amides is 5. The number of likely N-dealkylation sites (N-methyl/N-ethyl adjacent to an activating group) is 1. The Hall–Kier alpha value is -4.27. The minimum absolute atomic E-state index is 0.0865. The standard InChI is InChI=1S/C36H61N9O6/c1-6-7-8-9-10-11-12-13-14-15-17-51-18-16-31(46)43-30(20-28-22-39-24-41-28)35(49)42-26(4)33(47)45-32(25(2)3)36(50)44-29(34(48)37-5)19-27-21-38-23-40-27/h21-26,29-30,32H,6-20H2,1-5H3,(H,37,48)(H,38,40)(H,39,41)(H,42,49)(H,43,46)(H,44,50)(H,45,47)/t26-,29-,30-,32-/m0/s1. The Kier molecular flexibility index (Phi) is 20.9. The van der Waals surface area contributed by atoms with Crippen molar-refractivity contribution in [2.24, 2.45) is 5.92 Å². The van der Waals surface area contributed by atoms with Crippen LogP contribution in [0.1, 0.15) is 110 Å². The van der Waals surface area contributed by atoms with Gasteiger partial charge in [0.1, 0.15) is 24.2 Å². The van der Waals surface area contributed by atoms with Gasteiger partial charge in [-0.25, -0.2) is 9.97 Å². The monoisotopic (exact) mass is 715 g/mol. The largest absolute Gasteiger partial charge is 0.381 e. The maximum atomic E-state index is 13.4. The zero-order valence-corrected chi connectivity index (χ0v) is 31.1. The van der Waals surface area contributed by atoms with Gasteiger partial charge < -0.3 is 41.3 Å². The average Bonchev–Trinajstić information content (AvgIpc) is 3.82. The van der Waals surface area contributed by atoms with Gasteiger partial charge in [-0.3, -0.25) is 24.0 Å². The highest BCUT2D eigenvalue weighted by Crippen LogP contribution is 2.11. The lowest BCUT2D eigenvalue weighted by molar-refractivity contribution is -0.135. The Morgan fingerprint density at radius 2 is 1.22 bits per heavy atom. The number of hydrogen-bond acceptors (Lipinski definition) is 8. The van der Waals surface area contributed by atoms with Crippen molar-refractivity contribution in [1.82, 2.24) is 46.5 Å². The third-order valence-corrected chi connectivity index (χ3v) is 8.60. The molecule has 0 saturated heterocycles. The molecule has 2 rings (SSSR count). The molecular weight excluding hydrogens is 654 g/mol. The van der Waals surface area contributed by atoms with Crippen LogP contribution in [0.3, 0.4) is 0 Å². The first-order valence-corrected chi connectivity index (χ1v) is 18.5. The normalized spacial score (nSPS) is 13.5. The van der Waals surface area contributed by atoms with Crippen LogP contribution in [-0.2, 0) is 41.6 Å². The summed E-state index contributed by atoms with van der Waals surface area (Å²) < 4.78 is 5.68. The number of ether oxygens (including phenoxy) is 1. The van der Waals surface area contributed by atoms with Crippen LogP contribution in [-0.4, -0.2) is 93.9 Å². The van der Waals surface area contributed by atoms with Gasteiger partial charge in [0.2, 0.25) is 29.5 Å². The Balaban J connectivity index is 1.84. The van der Waals surface area contributed by atoms with Crippen molar-refractivity contribution in [3.05, 3.63) is 36.4 Å². The van der Waals surface area contributed by atoms with Crippen LogP contribution in [0, 0.1) is 5.92 Å². The molecule has 0 saturated carbocycles. The molecule has 2 heterocycles. The summed E-state index contributed by atoms with van der Waals surface area (Å²) in [5.41, 5.74) is 1.28. The minimum Gasteiger partial charge on any atom is -0.381 e. The van der Waals surface area contributed by atoms with Gasteiger partial charge in [0.15, 0.2) is 0 Å². The van der Waals surface area contributed by atoms with E-state index < -0.39 is 47.8 Å². The number of carbonyl (C=O) groups excluding carboxylic acids is 5. The molecule has 7 N–H and O–H groups in total. The van der Waals surface area contributed by atoms with Gasteiger partial charge in [-0.05, 0) is 19.3 Å². The fraction of sp³-hybridized carbons (Fsp3) is 0.694. The molecular formula is C36H61N9O6. The molecule has 0 aliphatic rings. The van der Waals surface area contributed by atoms with Crippen molar-refractivity contribution in [2.75, 3.05) is 20.3 Å². The lowest BCUT2D eigenvalue weighted by Crippen LogP contribution is -2.59. The first kappa shape index (κ1) is 42.9. The van der Waals surface area contributed by atoms with Crippen molar-refractivity contribution in [3.63, 3.8) is 0 Å². The Morgan fingerprint density at radius 1 is 0.667 bits per heavy atom. The maximum Gasteiger partial charge on any atom is 0.243 e. The van der Waals surface area contributed by atoms with Crippen molar-refractivity contribution in [3.8, 4) is 0 Å². The molecule has 15 heteroatoms. The Labute approximate surface area is 302 Å². The number of nitrogens with zero attached hydrogens (tertiary/aromatic N) is 2. The molecule has 0 aliphatic heterocycles. The lowest BCUT2D eigenvalue weighted by Gasteiger charge is -2.27.